The second-order valence-electron chi connectivity index (χ2n) is 3.60. The normalized spacial score (nSPS) is 39.0. The van der Waals surface area contributed by atoms with Gasteiger partial charge in [-0.1, -0.05) is 6.92 Å². The Morgan fingerprint density at radius 1 is 1.77 bits per heavy atom. The van der Waals surface area contributed by atoms with Crippen molar-refractivity contribution in [2.24, 2.45) is 16.6 Å². The molecule has 2 aliphatic rings. The average Bonchev–Trinajstić information content (AvgIpc) is 2.35. The minimum Gasteiger partial charge on any atom is -0.448 e. The van der Waals surface area contributed by atoms with Gasteiger partial charge < -0.3 is 15.8 Å². The number of ether oxygens (including phenoxy) is 1. The van der Waals surface area contributed by atoms with Crippen LogP contribution in [0, 0.1) is 5.92 Å². The summed E-state index contributed by atoms with van der Waals surface area (Å²) in [4.78, 5) is 15.2. The van der Waals surface area contributed by atoms with Gasteiger partial charge in [-0.15, -0.1) is 0 Å². The van der Waals surface area contributed by atoms with E-state index in [9.17, 15) is 4.79 Å². The zero-order valence-corrected chi connectivity index (χ0v) is 7.54. The summed E-state index contributed by atoms with van der Waals surface area (Å²) in [5, 5.41) is 3.20. The summed E-state index contributed by atoms with van der Waals surface area (Å²) in [6.07, 6.45) is 0.650. The second kappa shape index (κ2) is 2.70. The van der Waals surface area contributed by atoms with E-state index in [0.29, 0.717) is 6.42 Å². The van der Waals surface area contributed by atoms with Gasteiger partial charge in [0.25, 0.3) is 11.9 Å². The monoisotopic (exact) mass is 183 g/mol. The second-order valence-corrected chi connectivity index (χ2v) is 3.60. The average molecular weight is 183 g/mol. The van der Waals surface area contributed by atoms with Gasteiger partial charge >= 0.3 is 0 Å². The number of nitrogens with zero attached hydrogens (tertiary/aromatic N) is 1. The van der Waals surface area contributed by atoms with Crippen LogP contribution in [0.3, 0.4) is 0 Å². The van der Waals surface area contributed by atoms with Crippen molar-refractivity contribution < 1.29 is 9.53 Å². The Morgan fingerprint density at radius 2 is 2.54 bits per heavy atom. The molecule has 2 unspecified atom stereocenters. The lowest BCUT2D eigenvalue weighted by molar-refractivity contribution is -0.137. The molecule has 0 aliphatic carbocycles. The fourth-order valence-electron chi connectivity index (χ4n) is 1.92. The molecule has 5 nitrogen and oxygen atoms in total. The molecule has 72 valence electrons. The van der Waals surface area contributed by atoms with Crippen molar-refractivity contribution in [3.8, 4) is 0 Å². The number of nitrogens with two attached hydrogens (primary N) is 1. The standard InChI is InChI=1S/C8H13N3O2/c1-5-4-10-3-2-8(5)6(12)11-7(9)13-8/h5,10H,2-4H2,1H3,(H2,9,11,12). The van der Waals surface area contributed by atoms with Crippen molar-refractivity contribution in [2.45, 2.75) is 18.9 Å². The van der Waals surface area contributed by atoms with Crippen LogP contribution >= 0.6 is 0 Å². The third-order valence-electron chi connectivity index (χ3n) is 2.78. The summed E-state index contributed by atoms with van der Waals surface area (Å²) in [5.74, 6) is -0.0995. The van der Waals surface area contributed by atoms with Gasteiger partial charge in [-0.3, -0.25) is 4.79 Å². The van der Waals surface area contributed by atoms with E-state index in [0.717, 1.165) is 13.1 Å². The molecule has 0 aromatic carbocycles. The van der Waals surface area contributed by atoms with Crippen molar-refractivity contribution in [3.63, 3.8) is 0 Å². The summed E-state index contributed by atoms with van der Waals surface area (Å²) in [6, 6.07) is 0.0127. The predicted octanol–water partition coefficient (Wildman–Crippen LogP) is -0.774. The molecule has 1 saturated heterocycles. The lowest BCUT2D eigenvalue weighted by Gasteiger charge is -2.36. The van der Waals surface area contributed by atoms with Gasteiger partial charge in [0, 0.05) is 18.9 Å². The van der Waals surface area contributed by atoms with Crippen molar-refractivity contribution in [1.29, 1.82) is 0 Å². The maximum absolute atomic E-state index is 11.6. The topological polar surface area (TPSA) is 76.7 Å². The summed E-state index contributed by atoms with van der Waals surface area (Å²) >= 11 is 0. The number of carbonyl (C=O) groups is 1. The summed E-state index contributed by atoms with van der Waals surface area (Å²) in [6.45, 7) is 3.52. The molecule has 3 N–H and O–H groups in total. The first-order chi connectivity index (χ1) is 6.15. The molecule has 0 aromatic rings. The first-order valence-corrected chi connectivity index (χ1v) is 4.43. The van der Waals surface area contributed by atoms with Crippen LogP contribution in [-0.4, -0.2) is 30.6 Å². The van der Waals surface area contributed by atoms with Gasteiger partial charge in [-0.2, -0.15) is 4.99 Å². The molecule has 2 rings (SSSR count). The largest absolute Gasteiger partial charge is 0.448 e. The molecule has 2 atom stereocenters. The van der Waals surface area contributed by atoms with Gasteiger partial charge in [-0.25, -0.2) is 0 Å². The molecule has 1 amide bonds. The molecule has 0 aromatic heterocycles. The summed E-state index contributed by atoms with van der Waals surface area (Å²) in [7, 11) is 0. The maximum Gasteiger partial charge on any atom is 0.294 e. The van der Waals surface area contributed by atoms with E-state index in [1.54, 1.807) is 0 Å². The molecule has 2 aliphatic heterocycles. The third-order valence-corrected chi connectivity index (χ3v) is 2.78. The highest BCUT2D eigenvalue weighted by Gasteiger charge is 2.51. The van der Waals surface area contributed by atoms with E-state index in [-0.39, 0.29) is 17.8 Å². The molecule has 0 saturated carbocycles. The number of piperidine rings is 1. The van der Waals surface area contributed by atoms with Crippen LogP contribution in [0.25, 0.3) is 0 Å². The van der Waals surface area contributed by atoms with E-state index >= 15 is 0 Å². The van der Waals surface area contributed by atoms with Gasteiger partial charge in [0.15, 0.2) is 5.60 Å². The van der Waals surface area contributed by atoms with E-state index in [2.05, 4.69) is 10.3 Å². The molecule has 1 fully saturated rings. The van der Waals surface area contributed by atoms with Gasteiger partial charge in [0.1, 0.15) is 0 Å². The Balaban J connectivity index is 2.25. The lowest BCUT2D eigenvalue weighted by atomic mass is 9.82. The molecule has 13 heavy (non-hydrogen) atoms. The van der Waals surface area contributed by atoms with Crippen LogP contribution in [0.4, 0.5) is 0 Å². The van der Waals surface area contributed by atoms with E-state index in [1.165, 1.54) is 0 Å². The van der Waals surface area contributed by atoms with Crippen LogP contribution in [0.2, 0.25) is 0 Å². The predicted molar refractivity (Wildman–Crippen MR) is 47.1 cm³/mol. The Hall–Kier alpha value is -1.10. The summed E-state index contributed by atoms with van der Waals surface area (Å²) in [5.41, 5.74) is 4.61. The minimum atomic E-state index is -0.769. The highest BCUT2D eigenvalue weighted by atomic mass is 16.5. The van der Waals surface area contributed by atoms with Crippen molar-refractivity contribution in [1.82, 2.24) is 5.32 Å². The number of aliphatic imine (C=N–C) groups is 1. The van der Waals surface area contributed by atoms with Crippen LogP contribution < -0.4 is 11.1 Å². The number of hydrogen-bond donors (Lipinski definition) is 2. The van der Waals surface area contributed by atoms with Crippen molar-refractivity contribution >= 4 is 11.9 Å². The lowest BCUT2D eigenvalue weighted by Crippen LogP contribution is -2.53. The van der Waals surface area contributed by atoms with Crippen molar-refractivity contribution in [2.75, 3.05) is 13.1 Å². The minimum absolute atomic E-state index is 0.0127. The zero-order valence-electron chi connectivity index (χ0n) is 7.54. The fraction of sp³-hybridized carbons (Fsp3) is 0.750. The molecular weight excluding hydrogens is 170 g/mol. The van der Waals surface area contributed by atoms with Gasteiger partial charge in [0.2, 0.25) is 0 Å². The van der Waals surface area contributed by atoms with E-state index in [4.69, 9.17) is 10.5 Å². The highest BCUT2D eigenvalue weighted by molar-refractivity contribution is 6.01. The Kier molecular flexibility index (Phi) is 1.76. The molecule has 0 radical (unpaired) electrons. The Bertz CT molecular complexity index is 277. The molecular formula is C8H13N3O2. The van der Waals surface area contributed by atoms with Gasteiger partial charge in [0.05, 0.1) is 0 Å². The summed E-state index contributed by atoms with van der Waals surface area (Å²) < 4.78 is 5.35. The molecule has 1 spiro atoms. The van der Waals surface area contributed by atoms with Gasteiger partial charge in [-0.05, 0) is 6.54 Å². The number of amidine groups is 1. The molecule has 0 bridgehead atoms. The fourth-order valence-corrected chi connectivity index (χ4v) is 1.92. The van der Waals surface area contributed by atoms with Crippen LogP contribution in [0.15, 0.2) is 4.99 Å². The van der Waals surface area contributed by atoms with Crippen LogP contribution in [-0.2, 0) is 9.53 Å². The Morgan fingerprint density at radius 3 is 3.08 bits per heavy atom. The number of nitrogens with one attached hydrogen (secondary N) is 1. The first kappa shape index (κ1) is 8.50. The third kappa shape index (κ3) is 1.11. The zero-order chi connectivity index (χ0) is 9.47. The molecule has 2 heterocycles. The quantitative estimate of drug-likeness (QED) is 0.517. The first-order valence-electron chi connectivity index (χ1n) is 4.43. The van der Waals surface area contributed by atoms with Crippen LogP contribution in [0.1, 0.15) is 13.3 Å². The maximum atomic E-state index is 11.6. The smallest absolute Gasteiger partial charge is 0.294 e. The number of rotatable bonds is 0. The number of hydrogen-bond acceptors (Lipinski definition) is 4. The van der Waals surface area contributed by atoms with Crippen molar-refractivity contribution in [3.05, 3.63) is 0 Å². The SMILES string of the molecule is CC1CNCCC12OC(N)=NC2=O. The number of amides is 1. The van der Waals surface area contributed by atoms with Crippen LogP contribution in [0.5, 0.6) is 0 Å². The number of carbonyl (C=O) groups excluding carboxylic acids is 1. The highest BCUT2D eigenvalue weighted by Crippen LogP contribution is 2.33. The molecule has 5 heteroatoms. The van der Waals surface area contributed by atoms with E-state index < -0.39 is 5.60 Å². The Labute approximate surface area is 76.3 Å². The van der Waals surface area contributed by atoms with E-state index in [1.807, 2.05) is 6.92 Å².